The third-order valence-electron chi connectivity index (χ3n) is 4.24. The van der Waals surface area contributed by atoms with Crippen molar-refractivity contribution >= 4 is 27.5 Å². The predicted molar refractivity (Wildman–Crippen MR) is 90.6 cm³/mol. The van der Waals surface area contributed by atoms with Crippen molar-refractivity contribution in [2.45, 2.75) is 50.0 Å². The lowest BCUT2D eigenvalue weighted by molar-refractivity contribution is -0.145. The minimum Gasteiger partial charge on any atom is -0.341 e. The summed E-state index contributed by atoms with van der Waals surface area (Å²) >= 11 is 0. The van der Waals surface area contributed by atoms with Crippen molar-refractivity contribution < 1.29 is 18.0 Å². The van der Waals surface area contributed by atoms with Crippen LogP contribution in [0.4, 0.5) is 13.2 Å². The van der Waals surface area contributed by atoms with Crippen LogP contribution in [0.15, 0.2) is 0 Å². The number of unbranched alkanes of at least 4 members (excludes halogenated alkanes) is 1. The van der Waals surface area contributed by atoms with Crippen molar-refractivity contribution in [2.24, 2.45) is 0 Å². The first-order chi connectivity index (χ1) is 10.9. The number of nitrogens with zero attached hydrogens (tertiary/aromatic N) is 2. The van der Waals surface area contributed by atoms with Crippen molar-refractivity contribution in [3.05, 3.63) is 0 Å². The minimum atomic E-state index is -4.16. The van der Waals surface area contributed by atoms with E-state index >= 15 is 0 Å². The molecule has 1 amide bonds. The van der Waals surface area contributed by atoms with E-state index in [1.807, 2.05) is 21.6 Å². The Morgan fingerprint density at radius 2 is 1.96 bits per heavy atom. The molecule has 8 heteroatoms. The average Bonchev–Trinajstić information content (AvgIpc) is 2.88. The van der Waals surface area contributed by atoms with E-state index < -0.39 is 12.7 Å². The molecule has 2 fully saturated rings. The van der Waals surface area contributed by atoms with Crippen LogP contribution in [0.2, 0.25) is 0 Å². The van der Waals surface area contributed by atoms with Crippen molar-refractivity contribution in [1.29, 1.82) is 0 Å². The van der Waals surface area contributed by atoms with E-state index in [-0.39, 0.29) is 5.91 Å². The molecule has 0 aromatic carbocycles. The normalized spacial score (nSPS) is 24.0. The summed E-state index contributed by atoms with van der Waals surface area (Å²) in [5.74, 6) is 1.34. The van der Waals surface area contributed by atoms with Gasteiger partial charge in [0, 0.05) is 43.6 Å². The highest BCUT2D eigenvalue weighted by molar-refractivity contribution is 8.77. The quantitative estimate of drug-likeness (QED) is 0.524. The molecule has 1 unspecified atom stereocenters. The van der Waals surface area contributed by atoms with Gasteiger partial charge >= 0.3 is 6.18 Å². The summed E-state index contributed by atoms with van der Waals surface area (Å²) in [6, 6.07) is 0. The van der Waals surface area contributed by atoms with Crippen LogP contribution in [0, 0.1) is 0 Å². The number of alkyl halides is 3. The number of carbonyl (C=O) groups excluding carboxylic acids is 1. The second kappa shape index (κ2) is 9.42. The van der Waals surface area contributed by atoms with Gasteiger partial charge in [0.25, 0.3) is 0 Å². The van der Waals surface area contributed by atoms with Gasteiger partial charge in [0.2, 0.25) is 5.91 Å². The van der Waals surface area contributed by atoms with E-state index in [4.69, 9.17) is 0 Å². The zero-order chi connectivity index (χ0) is 16.7. The average molecular weight is 371 g/mol. The maximum absolute atomic E-state index is 12.4. The molecule has 2 rings (SSSR count). The van der Waals surface area contributed by atoms with Crippen LogP contribution < -0.4 is 0 Å². The third-order valence-corrected chi connectivity index (χ3v) is 7.24. The Hall–Kier alpha value is -0.0800. The predicted octanol–water partition coefficient (Wildman–Crippen LogP) is 3.80. The molecule has 2 heterocycles. The van der Waals surface area contributed by atoms with Gasteiger partial charge in [-0.2, -0.15) is 13.2 Å². The molecule has 134 valence electrons. The topological polar surface area (TPSA) is 23.6 Å². The van der Waals surface area contributed by atoms with Crippen molar-refractivity contribution in [1.82, 2.24) is 9.80 Å². The van der Waals surface area contributed by atoms with Crippen LogP contribution in [0.5, 0.6) is 0 Å². The molecule has 3 nitrogen and oxygen atoms in total. The maximum Gasteiger partial charge on any atom is 0.401 e. The Bertz CT molecular complexity index is 376. The lowest BCUT2D eigenvalue weighted by Crippen LogP contribution is -2.38. The molecular formula is C15H25F3N2OS2. The second-order valence-corrected chi connectivity index (χ2v) is 8.99. The number of halogens is 3. The van der Waals surface area contributed by atoms with Crippen molar-refractivity contribution in [2.75, 3.05) is 38.5 Å². The number of hydrogen-bond donors (Lipinski definition) is 0. The fraction of sp³-hybridized carbons (Fsp3) is 0.933. The summed E-state index contributed by atoms with van der Waals surface area (Å²) in [5, 5.41) is 0.740. The fourth-order valence-electron chi connectivity index (χ4n) is 3.00. The zero-order valence-electron chi connectivity index (χ0n) is 13.3. The van der Waals surface area contributed by atoms with Crippen LogP contribution in [0.25, 0.3) is 0 Å². The summed E-state index contributed by atoms with van der Waals surface area (Å²) in [6.07, 6.45) is 1.40. The summed E-state index contributed by atoms with van der Waals surface area (Å²) < 4.78 is 37.3. The maximum atomic E-state index is 12.4. The first kappa shape index (κ1) is 19.2. The summed E-state index contributed by atoms with van der Waals surface area (Å²) in [7, 11) is 3.89. The van der Waals surface area contributed by atoms with E-state index in [9.17, 15) is 18.0 Å². The van der Waals surface area contributed by atoms with E-state index in [2.05, 4.69) is 0 Å². The van der Waals surface area contributed by atoms with Gasteiger partial charge in [-0.1, -0.05) is 28.0 Å². The standard InChI is InChI=1S/C15H25F3N2OS2/c16-15(17,18)12-19-7-3-8-20(10-9-19)14(21)5-2-1-4-13-6-11-22-23-13/h13H,1-12H2. The smallest absolute Gasteiger partial charge is 0.341 e. The van der Waals surface area contributed by atoms with E-state index in [1.165, 1.54) is 23.5 Å². The lowest BCUT2D eigenvalue weighted by Gasteiger charge is -2.22. The fourth-order valence-corrected chi connectivity index (χ4v) is 6.03. The lowest BCUT2D eigenvalue weighted by atomic mass is 10.1. The molecule has 0 aliphatic carbocycles. The molecule has 0 saturated carbocycles. The largest absolute Gasteiger partial charge is 0.401 e. The van der Waals surface area contributed by atoms with Gasteiger partial charge in [-0.15, -0.1) is 0 Å². The molecule has 0 spiro atoms. The van der Waals surface area contributed by atoms with E-state index in [1.54, 1.807) is 4.90 Å². The van der Waals surface area contributed by atoms with Gasteiger partial charge in [-0.05, 0) is 25.7 Å². The zero-order valence-corrected chi connectivity index (χ0v) is 14.9. The first-order valence-corrected chi connectivity index (χ1v) is 10.7. The van der Waals surface area contributed by atoms with Crippen LogP contribution in [-0.4, -0.2) is 65.6 Å². The first-order valence-electron chi connectivity index (χ1n) is 8.29. The molecule has 0 bridgehead atoms. The molecule has 1 atom stereocenters. The molecule has 0 N–H and O–H groups in total. The minimum absolute atomic E-state index is 0.104. The number of amides is 1. The van der Waals surface area contributed by atoms with Gasteiger partial charge in [0.05, 0.1) is 6.54 Å². The molecule has 0 radical (unpaired) electrons. The highest BCUT2D eigenvalue weighted by Gasteiger charge is 2.31. The van der Waals surface area contributed by atoms with Crippen molar-refractivity contribution in [3.8, 4) is 0 Å². The number of carbonyl (C=O) groups is 1. The van der Waals surface area contributed by atoms with Gasteiger partial charge in [-0.3, -0.25) is 9.69 Å². The molecule has 2 aliphatic heterocycles. The molecular weight excluding hydrogens is 345 g/mol. The van der Waals surface area contributed by atoms with Crippen LogP contribution in [-0.2, 0) is 4.79 Å². The summed E-state index contributed by atoms with van der Waals surface area (Å²) in [4.78, 5) is 15.4. The van der Waals surface area contributed by atoms with Gasteiger partial charge in [-0.25, -0.2) is 0 Å². The Labute approximate surface area is 144 Å². The van der Waals surface area contributed by atoms with Crippen molar-refractivity contribution in [3.63, 3.8) is 0 Å². The van der Waals surface area contributed by atoms with E-state index in [0.717, 1.165) is 18.1 Å². The van der Waals surface area contributed by atoms with Crippen LogP contribution >= 0.6 is 21.6 Å². The second-order valence-electron chi connectivity index (χ2n) is 6.20. The Morgan fingerprint density at radius 1 is 1.13 bits per heavy atom. The summed E-state index contributed by atoms with van der Waals surface area (Å²) in [5.41, 5.74) is 0. The van der Waals surface area contributed by atoms with Crippen LogP contribution in [0.1, 0.15) is 38.5 Å². The highest BCUT2D eigenvalue weighted by atomic mass is 33.1. The molecule has 2 saturated heterocycles. The van der Waals surface area contributed by atoms with Gasteiger partial charge in [0.1, 0.15) is 0 Å². The van der Waals surface area contributed by atoms with E-state index in [0.29, 0.717) is 39.0 Å². The highest BCUT2D eigenvalue weighted by Crippen LogP contribution is 2.39. The monoisotopic (exact) mass is 370 g/mol. The molecule has 0 aromatic rings. The molecule has 2 aliphatic rings. The SMILES string of the molecule is O=C(CCCCC1CCSS1)N1CCCN(CC(F)(F)F)CC1. The Balaban J connectivity index is 1.62. The third kappa shape index (κ3) is 7.56. The van der Waals surface area contributed by atoms with Crippen LogP contribution in [0.3, 0.4) is 0 Å². The molecule has 23 heavy (non-hydrogen) atoms. The Kier molecular flexibility index (Phi) is 7.88. The summed E-state index contributed by atoms with van der Waals surface area (Å²) in [6.45, 7) is 0.874. The number of rotatable bonds is 6. The molecule has 0 aromatic heterocycles. The Morgan fingerprint density at radius 3 is 2.65 bits per heavy atom. The van der Waals surface area contributed by atoms with Gasteiger partial charge in [0.15, 0.2) is 0 Å². The van der Waals surface area contributed by atoms with Gasteiger partial charge < -0.3 is 4.90 Å². The number of hydrogen-bond acceptors (Lipinski definition) is 4.